The Morgan fingerprint density at radius 3 is 2.69 bits per heavy atom. The molecule has 3 rings (SSSR count). The molecule has 0 amide bonds. The van der Waals surface area contributed by atoms with E-state index in [9.17, 15) is 0 Å². The maximum Gasteiger partial charge on any atom is 0.0951 e. The zero-order valence-electron chi connectivity index (χ0n) is 10.3. The van der Waals surface area contributed by atoms with Crippen molar-refractivity contribution in [2.75, 3.05) is 19.8 Å². The third-order valence-electron chi connectivity index (χ3n) is 4.57. The number of ether oxygens (including phenoxy) is 2. The SMILES string of the molecule is CC1(NC2CCOC3(CCOC3)C2)CCC1. The van der Waals surface area contributed by atoms with Crippen LogP contribution in [0.15, 0.2) is 0 Å². The van der Waals surface area contributed by atoms with Gasteiger partial charge in [0.15, 0.2) is 0 Å². The molecule has 1 aliphatic carbocycles. The molecule has 2 heterocycles. The Morgan fingerprint density at radius 2 is 2.06 bits per heavy atom. The minimum Gasteiger partial charge on any atom is -0.378 e. The quantitative estimate of drug-likeness (QED) is 0.778. The summed E-state index contributed by atoms with van der Waals surface area (Å²) < 4.78 is 11.5. The van der Waals surface area contributed by atoms with Gasteiger partial charge in [-0.1, -0.05) is 0 Å². The van der Waals surface area contributed by atoms with E-state index in [4.69, 9.17) is 9.47 Å². The zero-order chi connectivity index (χ0) is 11.1. The Bertz CT molecular complexity index is 257. The van der Waals surface area contributed by atoms with Crippen LogP contribution in [0.1, 0.15) is 45.4 Å². The highest BCUT2D eigenvalue weighted by Gasteiger charge is 2.43. The lowest BCUT2D eigenvalue weighted by molar-refractivity contribution is -0.0937. The minimum absolute atomic E-state index is 0.0516. The fourth-order valence-electron chi connectivity index (χ4n) is 3.36. The summed E-state index contributed by atoms with van der Waals surface area (Å²) in [4.78, 5) is 0. The lowest BCUT2D eigenvalue weighted by Crippen LogP contribution is -2.57. The number of rotatable bonds is 2. The molecule has 2 saturated heterocycles. The Labute approximate surface area is 97.9 Å². The van der Waals surface area contributed by atoms with E-state index in [1.54, 1.807) is 0 Å². The van der Waals surface area contributed by atoms with Crippen LogP contribution >= 0.6 is 0 Å². The van der Waals surface area contributed by atoms with E-state index in [1.165, 1.54) is 19.3 Å². The summed E-state index contributed by atoms with van der Waals surface area (Å²) in [6, 6.07) is 0.640. The molecule has 1 spiro atoms. The van der Waals surface area contributed by atoms with E-state index in [0.717, 1.165) is 39.1 Å². The molecule has 3 fully saturated rings. The molecule has 0 aromatic carbocycles. The lowest BCUT2D eigenvalue weighted by Gasteiger charge is -2.46. The van der Waals surface area contributed by atoms with Crippen molar-refractivity contribution in [2.24, 2.45) is 0 Å². The predicted molar refractivity (Wildman–Crippen MR) is 62.5 cm³/mol. The third-order valence-corrected chi connectivity index (χ3v) is 4.57. The Balaban J connectivity index is 1.59. The van der Waals surface area contributed by atoms with E-state index in [0.29, 0.717) is 11.6 Å². The molecular formula is C13H23NO2. The van der Waals surface area contributed by atoms with Crippen LogP contribution in [-0.2, 0) is 9.47 Å². The molecule has 2 atom stereocenters. The molecule has 2 aliphatic heterocycles. The highest BCUT2D eigenvalue weighted by Crippen LogP contribution is 2.36. The van der Waals surface area contributed by atoms with Gasteiger partial charge >= 0.3 is 0 Å². The van der Waals surface area contributed by atoms with Crippen molar-refractivity contribution < 1.29 is 9.47 Å². The van der Waals surface area contributed by atoms with Crippen LogP contribution in [0.4, 0.5) is 0 Å². The van der Waals surface area contributed by atoms with Crippen molar-refractivity contribution >= 4 is 0 Å². The Hall–Kier alpha value is -0.120. The second-order valence-corrected chi connectivity index (χ2v) is 6.08. The molecule has 2 unspecified atom stereocenters. The van der Waals surface area contributed by atoms with E-state index in [1.807, 2.05) is 0 Å². The van der Waals surface area contributed by atoms with Gasteiger partial charge in [0.1, 0.15) is 0 Å². The molecule has 0 aromatic heterocycles. The average Bonchev–Trinajstić information content (AvgIpc) is 2.64. The van der Waals surface area contributed by atoms with Gasteiger partial charge in [0.25, 0.3) is 0 Å². The van der Waals surface area contributed by atoms with Crippen molar-refractivity contribution in [3.63, 3.8) is 0 Å². The largest absolute Gasteiger partial charge is 0.378 e. The summed E-state index contributed by atoms with van der Waals surface area (Å²) in [7, 11) is 0. The first kappa shape index (κ1) is 11.0. The highest BCUT2D eigenvalue weighted by molar-refractivity contribution is 4.98. The van der Waals surface area contributed by atoms with Crippen LogP contribution < -0.4 is 5.32 Å². The fourth-order valence-corrected chi connectivity index (χ4v) is 3.36. The first-order valence-electron chi connectivity index (χ1n) is 6.69. The smallest absolute Gasteiger partial charge is 0.0951 e. The van der Waals surface area contributed by atoms with Gasteiger partial charge in [0.2, 0.25) is 0 Å². The molecule has 0 radical (unpaired) electrons. The fraction of sp³-hybridized carbons (Fsp3) is 1.00. The van der Waals surface area contributed by atoms with Gasteiger partial charge in [-0.3, -0.25) is 0 Å². The molecule has 3 aliphatic rings. The summed E-state index contributed by atoms with van der Waals surface area (Å²) in [5, 5.41) is 3.85. The third kappa shape index (κ3) is 2.01. The average molecular weight is 225 g/mol. The van der Waals surface area contributed by atoms with Crippen molar-refractivity contribution in [3.05, 3.63) is 0 Å². The summed E-state index contributed by atoms with van der Waals surface area (Å²) in [6.07, 6.45) is 7.46. The van der Waals surface area contributed by atoms with Crippen molar-refractivity contribution in [1.82, 2.24) is 5.32 Å². The predicted octanol–water partition coefficient (Wildman–Crippen LogP) is 1.86. The van der Waals surface area contributed by atoms with E-state index >= 15 is 0 Å². The molecule has 1 saturated carbocycles. The topological polar surface area (TPSA) is 30.5 Å². The van der Waals surface area contributed by atoms with Gasteiger partial charge in [-0.25, -0.2) is 0 Å². The maximum atomic E-state index is 5.96. The number of nitrogens with one attached hydrogen (secondary N) is 1. The Morgan fingerprint density at radius 1 is 1.19 bits per heavy atom. The molecule has 92 valence electrons. The van der Waals surface area contributed by atoms with Gasteiger partial charge in [-0.2, -0.15) is 0 Å². The van der Waals surface area contributed by atoms with Crippen molar-refractivity contribution in [2.45, 2.75) is 62.6 Å². The van der Waals surface area contributed by atoms with Gasteiger partial charge < -0.3 is 14.8 Å². The van der Waals surface area contributed by atoms with E-state index < -0.39 is 0 Å². The van der Waals surface area contributed by atoms with E-state index in [2.05, 4.69) is 12.2 Å². The summed E-state index contributed by atoms with van der Waals surface area (Å²) >= 11 is 0. The van der Waals surface area contributed by atoms with Gasteiger partial charge in [0, 0.05) is 31.2 Å². The monoisotopic (exact) mass is 225 g/mol. The van der Waals surface area contributed by atoms with Crippen LogP contribution in [0.5, 0.6) is 0 Å². The normalized spacial score (nSPS) is 42.2. The standard InChI is InChI=1S/C13H23NO2/c1-12(4-2-5-12)14-11-3-7-16-13(9-11)6-8-15-10-13/h11,14H,2-10H2,1H3. The summed E-state index contributed by atoms with van der Waals surface area (Å²) in [5.41, 5.74) is 0.471. The van der Waals surface area contributed by atoms with Crippen molar-refractivity contribution in [1.29, 1.82) is 0 Å². The second kappa shape index (κ2) is 3.97. The summed E-state index contributed by atoms with van der Waals surface area (Å²) in [5.74, 6) is 0. The number of hydrogen-bond donors (Lipinski definition) is 1. The molecule has 1 N–H and O–H groups in total. The molecule has 0 aromatic rings. The van der Waals surface area contributed by atoms with Crippen LogP contribution in [0.25, 0.3) is 0 Å². The molecule has 16 heavy (non-hydrogen) atoms. The maximum absolute atomic E-state index is 5.96. The van der Waals surface area contributed by atoms with Crippen LogP contribution in [0, 0.1) is 0 Å². The molecule has 0 bridgehead atoms. The number of hydrogen-bond acceptors (Lipinski definition) is 3. The zero-order valence-corrected chi connectivity index (χ0v) is 10.3. The molecule has 3 heteroatoms. The highest BCUT2D eigenvalue weighted by atomic mass is 16.6. The van der Waals surface area contributed by atoms with Crippen LogP contribution in [0.2, 0.25) is 0 Å². The second-order valence-electron chi connectivity index (χ2n) is 6.08. The van der Waals surface area contributed by atoms with Crippen LogP contribution in [-0.4, -0.2) is 37.0 Å². The first-order chi connectivity index (χ1) is 7.70. The lowest BCUT2D eigenvalue weighted by atomic mass is 9.77. The van der Waals surface area contributed by atoms with E-state index in [-0.39, 0.29) is 5.60 Å². The first-order valence-corrected chi connectivity index (χ1v) is 6.69. The van der Waals surface area contributed by atoms with Crippen molar-refractivity contribution in [3.8, 4) is 0 Å². The van der Waals surface area contributed by atoms with Gasteiger partial charge in [-0.05, 0) is 39.0 Å². The summed E-state index contributed by atoms with van der Waals surface area (Å²) in [6.45, 7) is 4.95. The van der Waals surface area contributed by atoms with Gasteiger partial charge in [-0.15, -0.1) is 0 Å². The minimum atomic E-state index is 0.0516. The van der Waals surface area contributed by atoms with Crippen LogP contribution in [0.3, 0.4) is 0 Å². The Kier molecular flexibility index (Phi) is 2.73. The van der Waals surface area contributed by atoms with Gasteiger partial charge in [0.05, 0.1) is 12.2 Å². The molecule has 3 nitrogen and oxygen atoms in total. The molecular weight excluding hydrogens is 202 g/mol.